The van der Waals surface area contributed by atoms with Crippen molar-refractivity contribution in [3.63, 3.8) is 0 Å². The van der Waals surface area contributed by atoms with Crippen LogP contribution in [0.15, 0.2) is 12.2 Å². The Morgan fingerprint density at radius 3 is 2.14 bits per heavy atom. The van der Waals surface area contributed by atoms with E-state index >= 15 is 0 Å². The van der Waals surface area contributed by atoms with E-state index in [2.05, 4.69) is 0 Å². The smallest absolute Gasteiger partial charge is 0.367 e. The summed E-state index contributed by atoms with van der Waals surface area (Å²) in [4.78, 5) is 9.25. The average molecular weight is 108 g/mol. The quantitative estimate of drug-likeness (QED) is 0.505. The Bertz CT molecular complexity index is 108. The SMILES string of the molecule is O=C(O)/C(F)=C/F. The molecule has 0 heterocycles. The van der Waals surface area contributed by atoms with E-state index in [0.29, 0.717) is 0 Å². The molecule has 7 heavy (non-hydrogen) atoms. The van der Waals surface area contributed by atoms with E-state index in [1.165, 1.54) is 0 Å². The third-order valence-corrected chi connectivity index (χ3v) is 0.300. The molecule has 0 aromatic carbocycles. The molecule has 0 aliphatic heterocycles. The zero-order chi connectivity index (χ0) is 5.86. The summed E-state index contributed by atoms with van der Waals surface area (Å²) >= 11 is 0. The molecule has 0 fully saturated rings. The molecule has 0 aromatic rings. The number of aliphatic carboxylic acids is 1. The lowest BCUT2D eigenvalue weighted by Gasteiger charge is -1.77. The maximum absolute atomic E-state index is 11.1. The summed E-state index contributed by atoms with van der Waals surface area (Å²) < 4.78 is 21.9. The van der Waals surface area contributed by atoms with E-state index in [9.17, 15) is 13.6 Å². The van der Waals surface area contributed by atoms with E-state index in [-0.39, 0.29) is 0 Å². The van der Waals surface area contributed by atoms with Crippen LogP contribution in [0.25, 0.3) is 0 Å². The van der Waals surface area contributed by atoms with Crippen LogP contribution in [0.1, 0.15) is 0 Å². The first kappa shape index (κ1) is 6.07. The molecule has 0 bridgehead atoms. The maximum atomic E-state index is 11.1. The van der Waals surface area contributed by atoms with E-state index in [0.717, 1.165) is 0 Å². The van der Waals surface area contributed by atoms with Gasteiger partial charge in [0.1, 0.15) is 6.33 Å². The van der Waals surface area contributed by atoms with Gasteiger partial charge in [0.05, 0.1) is 0 Å². The highest BCUT2D eigenvalue weighted by Gasteiger charge is 2.02. The van der Waals surface area contributed by atoms with Gasteiger partial charge in [-0.3, -0.25) is 0 Å². The molecule has 0 aliphatic carbocycles. The molecule has 0 amide bonds. The topological polar surface area (TPSA) is 37.3 Å². The summed E-state index contributed by atoms with van der Waals surface area (Å²) in [5, 5.41) is 7.50. The predicted molar refractivity (Wildman–Crippen MR) is 17.9 cm³/mol. The largest absolute Gasteiger partial charge is 0.476 e. The van der Waals surface area contributed by atoms with Crippen molar-refractivity contribution in [3.05, 3.63) is 12.2 Å². The third-order valence-electron chi connectivity index (χ3n) is 0.300. The van der Waals surface area contributed by atoms with Gasteiger partial charge < -0.3 is 5.11 Å². The van der Waals surface area contributed by atoms with Crippen LogP contribution in [0.2, 0.25) is 0 Å². The summed E-state index contributed by atoms with van der Waals surface area (Å²) in [6.07, 6.45) is -0.609. The zero-order valence-corrected chi connectivity index (χ0v) is 3.19. The second-order valence-corrected chi connectivity index (χ2v) is 0.762. The molecular weight excluding hydrogens is 106 g/mol. The highest BCUT2D eigenvalue weighted by atomic mass is 19.2. The molecule has 0 spiro atoms. The van der Waals surface area contributed by atoms with Gasteiger partial charge >= 0.3 is 5.97 Å². The molecule has 0 aromatic heterocycles. The molecule has 0 saturated carbocycles. The van der Waals surface area contributed by atoms with Gasteiger partial charge in [0.25, 0.3) is 0 Å². The van der Waals surface area contributed by atoms with Gasteiger partial charge in [0.15, 0.2) is 0 Å². The summed E-state index contributed by atoms with van der Waals surface area (Å²) in [6.45, 7) is 0. The number of rotatable bonds is 1. The normalized spacial score (nSPS) is 11.4. The van der Waals surface area contributed by atoms with Crippen molar-refractivity contribution in [2.75, 3.05) is 0 Å². The summed E-state index contributed by atoms with van der Waals surface area (Å²) in [5.74, 6) is -3.66. The Morgan fingerprint density at radius 1 is 1.71 bits per heavy atom. The van der Waals surface area contributed by atoms with Crippen LogP contribution < -0.4 is 0 Å². The Morgan fingerprint density at radius 2 is 2.14 bits per heavy atom. The van der Waals surface area contributed by atoms with Crippen molar-refractivity contribution in [3.8, 4) is 0 Å². The van der Waals surface area contributed by atoms with Gasteiger partial charge in [0, 0.05) is 0 Å². The molecule has 0 rings (SSSR count). The fraction of sp³-hybridized carbons (Fsp3) is 0. The highest BCUT2D eigenvalue weighted by molar-refractivity contribution is 5.83. The number of carbonyl (C=O) groups is 1. The Labute approximate surface area is 38.1 Å². The van der Waals surface area contributed by atoms with Gasteiger partial charge in [-0.1, -0.05) is 0 Å². The molecule has 2 nitrogen and oxygen atoms in total. The van der Waals surface area contributed by atoms with Gasteiger partial charge in [-0.15, -0.1) is 0 Å². The summed E-state index contributed by atoms with van der Waals surface area (Å²) in [6, 6.07) is 0. The molecule has 0 aliphatic rings. The molecule has 0 unspecified atom stereocenters. The summed E-state index contributed by atoms with van der Waals surface area (Å²) in [7, 11) is 0. The van der Waals surface area contributed by atoms with Crippen LogP contribution in [0.3, 0.4) is 0 Å². The van der Waals surface area contributed by atoms with E-state index < -0.39 is 18.1 Å². The lowest BCUT2D eigenvalue weighted by molar-refractivity contribution is -0.134. The Kier molecular flexibility index (Phi) is 1.98. The van der Waals surface area contributed by atoms with Crippen molar-refractivity contribution in [2.45, 2.75) is 0 Å². The molecular formula is C3H2F2O2. The minimum atomic E-state index is -1.89. The van der Waals surface area contributed by atoms with Crippen molar-refractivity contribution in [2.24, 2.45) is 0 Å². The fourth-order valence-corrected chi connectivity index (χ4v) is 0.0467. The van der Waals surface area contributed by atoms with Gasteiger partial charge in [-0.2, -0.15) is 4.39 Å². The van der Waals surface area contributed by atoms with Crippen LogP contribution in [0, 0.1) is 0 Å². The minimum Gasteiger partial charge on any atom is -0.476 e. The first-order valence-corrected chi connectivity index (χ1v) is 1.37. The molecule has 0 saturated heterocycles. The van der Waals surface area contributed by atoms with E-state index in [1.54, 1.807) is 0 Å². The molecule has 0 atom stereocenters. The van der Waals surface area contributed by atoms with Crippen molar-refractivity contribution >= 4 is 5.97 Å². The van der Waals surface area contributed by atoms with Crippen LogP contribution in [0.4, 0.5) is 8.78 Å². The number of hydrogen-bond acceptors (Lipinski definition) is 1. The molecule has 40 valence electrons. The predicted octanol–water partition coefficient (Wildman–Crippen LogP) is 0.851. The van der Waals surface area contributed by atoms with Crippen LogP contribution >= 0.6 is 0 Å². The summed E-state index contributed by atoms with van der Waals surface area (Å²) in [5.41, 5.74) is 0. The standard InChI is InChI=1S/C3H2F2O2/c4-1-2(5)3(6)7/h1H,(H,6,7)/b2-1-. The highest BCUT2D eigenvalue weighted by Crippen LogP contribution is 1.93. The Hall–Kier alpha value is -0.930. The lowest BCUT2D eigenvalue weighted by atomic mass is 10.6. The fourth-order valence-electron chi connectivity index (χ4n) is 0.0467. The molecule has 4 heteroatoms. The molecule has 0 radical (unpaired) electrons. The van der Waals surface area contributed by atoms with Gasteiger partial charge in [-0.25, -0.2) is 9.18 Å². The second-order valence-electron chi connectivity index (χ2n) is 0.762. The third kappa shape index (κ3) is 1.86. The van der Waals surface area contributed by atoms with Crippen molar-refractivity contribution in [1.82, 2.24) is 0 Å². The van der Waals surface area contributed by atoms with Crippen molar-refractivity contribution in [1.29, 1.82) is 0 Å². The van der Waals surface area contributed by atoms with Crippen molar-refractivity contribution < 1.29 is 18.7 Å². The van der Waals surface area contributed by atoms with Gasteiger partial charge in [-0.05, 0) is 0 Å². The first-order valence-electron chi connectivity index (χ1n) is 1.37. The maximum Gasteiger partial charge on any atom is 0.367 e. The number of hydrogen-bond donors (Lipinski definition) is 1. The second kappa shape index (κ2) is 2.28. The van der Waals surface area contributed by atoms with Crippen LogP contribution in [-0.4, -0.2) is 11.1 Å². The number of carboxylic acids is 1. The van der Waals surface area contributed by atoms with E-state index in [1.807, 2.05) is 0 Å². The van der Waals surface area contributed by atoms with Gasteiger partial charge in [0.2, 0.25) is 5.83 Å². The minimum absolute atomic E-state index is 0.609. The number of carboxylic acid groups (broad SMARTS) is 1. The van der Waals surface area contributed by atoms with Crippen LogP contribution in [0.5, 0.6) is 0 Å². The molecule has 1 N–H and O–H groups in total. The number of halogens is 2. The monoisotopic (exact) mass is 108 g/mol. The zero-order valence-electron chi connectivity index (χ0n) is 3.19. The Balaban J connectivity index is 3.82. The van der Waals surface area contributed by atoms with E-state index in [4.69, 9.17) is 5.11 Å². The lowest BCUT2D eigenvalue weighted by Crippen LogP contribution is -1.92. The first-order chi connectivity index (χ1) is 3.18. The van der Waals surface area contributed by atoms with Crippen LogP contribution in [-0.2, 0) is 4.79 Å². The average Bonchev–Trinajstić information content (AvgIpc) is 1.65.